The van der Waals surface area contributed by atoms with Gasteiger partial charge in [0.1, 0.15) is 0 Å². The number of fused-ring (bicyclic) bond motifs is 1. The smallest absolute Gasteiger partial charge is 0.323 e. The predicted molar refractivity (Wildman–Crippen MR) is 54.2 cm³/mol. The first kappa shape index (κ1) is 8.99. The van der Waals surface area contributed by atoms with Gasteiger partial charge in [0, 0.05) is 31.5 Å². The van der Waals surface area contributed by atoms with Gasteiger partial charge in [-0.15, -0.1) is 0 Å². The number of rotatable bonds is 0. The van der Waals surface area contributed by atoms with E-state index in [1.807, 2.05) is 19.2 Å². The summed E-state index contributed by atoms with van der Waals surface area (Å²) in [6.07, 6.45) is 1.84. The second-order valence-electron chi connectivity index (χ2n) is 3.65. The normalized spacial score (nSPS) is 15.8. The monoisotopic (exact) mass is 191 g/mol. The molecule has 74 valence electrons. The summed E-state index contributed by atoms with van der Waals surface area (Å²) in [5.74, 6) is 0. The molecule has 1 aliphatic rings. The number of carbonyl (C=O) groups is 1. The minimum Gasteiger partial charge on any atom is -0.323 e. The quantitative estimate of drug-likeness (QED) is 0.621. The number of hydrogen-bond acceptors (Lipinski definition) is 2. The molecule has 0 N–H and O–H groups in total. The first-order valence-electron chi connectivity index (χ1n) is 4.54. The average molecular weight is 191 g/mol. The van der Waals surface area contributed by atoms with E-state index in [-0.39, 0.29) is 6.03 Å². The summed E-state index contributed by atoms with van der Waals surface area (Å²) in [7, 11) is 3.58. The van der Waals surface area contributed by atoms with E-state index < -0.39 is 0 Å². The second-order valence-corrected chi connectivity index (χ2v) is 3.65. The van der Waals surface area contributed by atoms with Gasteiger partial charge in [-0.2, -0.15) is 0 Å². The fourth-order valence-electron chi connectivity index (χ4n) is 1.69. The van der Waals surface area contributed by atoms with Crippen molar-refractivity contribution in [3.05, 3.63) is 23.5 Å². The molecule has 1 aromatic rings. The summed E-state index contributed by atoms with van der Waals surface area (Å²) in [4.78, 5) is 19.2. The zero-order valence-electron chi connectivity index (χ0n) is 8.61. The minimum atomic E-state index is 0.0306. The van der Waals surface area contributed by atoms with Gasteiger partial charge < -0.3 is 4.90 Å². The van der Waals surface area contributed by atoms with Crippen LogP contribution in [0.3, 0.4) is 0 Å². The standard InChI is InChI=1S/C10H13N3O/c1-7-4-9-8(5-11-7)6-12(2)10(14)13(9)3/h4-5H,6H2,1-3H3. The maximum Gasteiger partial charge on any atom is 0.324 e. The molecule has 0 fully saturated rings. The molecule has 4 heteroatoms. The maximum atomic E-state index is 11.6. The highest BCUT2D eigenvalue weighted by molar-refractivity contribution is 5.94. The van der Waals surface area contributed by atoms with Crippen molar-refractivity contribution in [1.82, 2.24) is 9.88 Å². The van der Waals surface area contributed by atoms with Crippen molar-refractivity contribution in [2.45, 2.75) is 13.5 Å². The summed E-state index contributed by atoms with van der Waals surface area (Å²) >= 11 is 0. The summed E-state index contributed by atoms with van der Waals surface area (Å²) in [6.45, 7) is 2.57. The van der Waals surface area contributed by atoms with Gasteiger partial charge >= 0.3 is 6.03 Å². The molecule has 2 amide bonds. The van der Waals surface area contributed by atoms with Gasteiger partial charge in [0.15, 0.2) is 0 Å². The van der Waals surface area contributed by atoms with Crippen molar-refractivity contribution in [2.75, 3.05) is 19.0 Å². The van der Waals surface area contributed by atoms with Crippen LogP contribution in [0, 0.1) is 6.92 Å². The molecule has 14 heavy (non-hydrogen) atoms. The molecule has 0 saturated carbocycles. The summed E-state index contributed by atoms with van der Waals surface area (Å²) in [5, 5.41) is 0. The zero-order chi connectivity index (χ0) is 10.3. The minimum absolute atomic E-state index is 0.0306. The van der Waals surface area contributed by atoms with Crippen LogP contribution in [0.25, 0.3) is 0 Å². The van der Waals surface area contributed by atoms with E-state index in [4.69, 9.17) is 0 Å². The highest BCUT2D eigenvalue weighted by atomic mass is 16.2. The largest absolute Gasteiger partial charge is 0.324 e. The van der Waals surface area contributed by atoms with Crippen LogP contribution < -0.4 is 4.90 Å². The Kier molecular flexibility index (Phi) is 1.91. The molecule has 0 spiro atoms. The van der Waals surface area contributed by atoms with Gasteiger partial charge in [-0.1, -0.05) is 0 Å². The molecule has 4 nitrogen and oxygen atoms in total. The lowest BCUT2D eigenvalue weighted by molar-refractivity contribution is 0.212. The molecule has 0 radical (unpaired) electrons. The second kappa shape index (κ2) is 2.97. The van der Waals surface area contributed by atoms with Crippen LogP contribution in [0.4, 0.5) is 10.5 Å². The highest BCUT2D eigenvalue weighted by Crippen LogP contribution is 2.26. The van der Waals surface area contributed by atoms with Crippen LogP contribution in [0.1, 0.15) is 11.3 Å². The molecule has 0 saturated heterocycles. The molecule has 0 aromatic carbocycles. The van der Waals surface area contributed by atoms with Crippen LogP contribution in [-0.4, -0.2) is 30.0 Å². The number of carbonyl (C=O) groups excluding carboxylic acids is 1. The zero-order valence-corrected chi connectivity index (χ0v) is 8.61. The van der Waals surface area contributed by atoms with E-state index in [2.05, 4.69) is 4.98 Å². The number of hydrogen-bond donors (Lipinski definition) is 0. The van der Waals surface area contributed by atoms with Crippen molar-refractivity contribution in [3.63, 3.8) is 0 Å². The number of urea groups is 1. The van der Waals surface area contributed by atoms with E-state index in [9.17, 15) is 4.79 Å². The molecule has 0 unspecified atom stereocenters. The molecule has 2 heterocycles. The third-order valence-electron chi connectivity index (χ3n) is 2.48. The molecule has 1 aromatic heterocycles. The van der Waals surface area contributed by atoms with E-state index in [0.717, 1.165) is 16.9 Å². The molecular formula is C10H13N3O. The van der Waals surface area contributed by atoms with Gasteiger partial charge in [0.2, 0.25) is 0 Å². The summed E-state index contributed by atoms with van der Waals surface area (Å²) < 4.78 is 0. The van der Waals surface area contributed by atoms with Gasteiger partial charge in [0.05, 0.1) is 12.2 Å². The van der Waals surface area contributed by atoms with Gasteiger partial charge in [-0.05, 0) is 13.0 Å². The van der Waals surface area contributed by atoms with Gasteiger partial charge in [-0.25, -0.2) is 4.79 Å². The summed E-state index contributed by atoms with van der Waals surface area (Å²) in [5.41, 5.74) is 3.01. The first-order valence-corrected chi connectivity index (χ1v) is 4.54. The van der Waals surface area contributed by atoms with Gasteiger partial charge in [-0.3, -0.25) is 9.88 Å². The van der Waals surface area contributed by atoms with Crippen LogP contribution in [0.5, 0.6) is 0 Å². The maximum absolute atomic E-state index is 11.6. The van der Waals surface area contributed by atoms with E-state index in [1.54, 1.807) is 23.9 Å². The van der Waals surface area contributed by atoms with Crippen LogP contribution in [0.2, 0.25) is 0 Å². The fraction of sp³-hybridized carbons (Fsp3) is 0.400. The van der Waals surface area contributed by atoms with Crippen molar-refractivity contribution in [2.24, 2.45) is 0 Å². The van der Waals surface area contributed by atoms with Crippen LogP contribution >= 0.6 is 0 Å². The van der Waals surface area contributed by atoms with Crippen LogP contribution in [0.15, 0.2) is 12.3 Å². The Bertz CT molecular complexity index is 389. The lowest BCUT2D eigenvalue weighted by atomic mass is 10.1. The number of aromatic nitrogens is 1. The third-order valence-corrected chi connectivity index (χ3v) is 2.48. The molecule has 0 aliphatic carbocycles. The molecule has 1 aliphatic heterocycles. The first-order chi connectivity index (χ1) is 6.59. The number of amides is 2. The van der Waals surface area contributed by atoms with E-state index in [0.29, 0.717) is 6.54 Å². The Hall–Kier alpha value is -1.58. The topological polar surface area (TPSA) is 36.4 Å². The summed E-state index contributed by atoms with van der Waals surface area (Å²) in [6, 6.07) is 1.98. The highest BCUT2D eigenvalue weighted by Gasteiger charge is 2.24. The fourth-order valence-corrected chi connectivity index (χ4v) is 1.69. The molecule has 0 bridgehead atoms. The van der Waals surface area contributed by atoms with Crippen LogP contribution in [-0.2, 0) is 6.54 Å². The Morgan fingerprint density at radius 2 is 2.14 bits per heavy atom. The Balaban J connectivity index is 2.51. The van der Waals surface area contributed by atoms with Crippen molar-refractivity contribution >= 4 is 11.7 Å². The van der Waals surface area contributed by atoms with E-state index in [1.165, 1.54) is 0 Å². The predicted octanol–water partition coefficient (Wildman–Crippen LogP) is 1.39. The Labute approximate surface area is 83.2 Å². The third kappa shape index (κ3) is 1.23. The number of anilines is 1. The van der Waals surface area contributed by atoms with Crippen molar-refractivity contribution in [3.8, 4) is 0 Å². The SMILES string of the molecule is Cc1cc2c(cn1)CN(C)C(=O)N2C. The number of nitrogens with zero attached hydrogens (tertiary/aromatic N) is 3. The number of aryl methyl sites for hydroxylation is 1. The number of pyridine rings is 1. The lowest BCUT2D eigenvalue weighted by Crippen LogP contribution is -2.42. The van der Waals surface area contributed by atoms with Gasteiger partial charge in [0.25, 0.3) is 0 Å². The van der Waals surface area contributed by atoms with Crippen molar-refractivity contribution < 1.29 is 4.79 Å². The molecule has 0 atom stereocenters. The van der Waals surface area contributed by atoms with Crippen molar-refractivity contribution in [1.29, 1.82) is 0 Å². The average Bonchev–Trinajstić information content (AvgIpc) is 2.16. The van der Waals surface area contributed by atoms with E-state index >= 15 is 0 Å². The molecule has 2 rings (SSSR count). The molecular weight excluding hydrogens is 178 g/mol. The Morgan fingerprint density at radius 1 is 1.43 bits per heavy atom. The lowest BCUT2D eigenvalue weighted by Gasteiger charge is -2.32. The Morgan fingerprint density at radius 3 is 2.86 bits per heavy atom.